The van der Waals surface area contributed by atoms with E-state index in [1.807, 2.05) is 38.1 Å². The molecular weight excluding hydrogens is 216 g/mol. The molecule has 0 bridgehead atoms. The Morgan fingerprint density at radius 1 is 1.35 bits per heavy atom. The average Bonchev–Trinajstić information content (AvgIpc) is 2.30. The number of rotatable bonds is 5. The Balaban J connectivity index is 2.32. The first-order valence-electron chi connectivity index (χ1n) is 5.84. The highest BCUT2D eigenvalue weighted by atomic mass is 16.3. The summed E-state index contributed by atoms with van der Waals surface area (Å²) in [6.07, 6.45) is 0.699. The van der Waals surface area contributed by atoms with Crippen LogP contribution in [0.4, 0.5) is 10.5 Å². The molecule has 1 atom stereocenters. The molecule has 3 N–H and O–H groups in total. The summed E-state index contributed by atoms with van der Waals surface area (Å²) >= 11 is 0. The Kier molecular flexibility index (Phi) is 5.49. The molecule has 0 aliphatic rings. The molecule has 0 radical (unpaired) electrons. The Morgan fingerprint density at radius 3 is 2.59 bits per heavy atom. The molecule has 1 rings (SSSR count). The highest BCUT2D eigenvalue weighted by molar-refractivity contribution is 5.89. The lowest BCUT2D eigenvalue weighted by atomic mass is 10.1. The van der Waals surface area contributed by atoms with Crippen LogP contribution < -0.4 is 10.6 Å². The fourth-order valence-corrected chi connectivity index (χ4v) is 1.40. The molecule has 2 amide bonds. The molecule has 4 heteroatoms. The van der Waals surface area contributed by atoms with Gasteiger partial charge in [-0.25, -0.2) is 4.79 Å². The molecule has 0 spiro atoms. The number of aliphatic hydroxyl groups is 1. The van der Waals surface area contributed by atoms with Gasteiger partial charge >= 0.3 is 6.03 Å². The number of hydrogen-bond donors (Lipinski definition) is 3. The van der Waals surface area contributed by atoms with Crippen LogP contribution in [0.25, 0.3) is 0 Å². The van der Waals surface area contributed by atoms with Gasteiger partial charge in [-0.05, 0) is 31.4 Å². The van der Waals surface area contributed by atoms with Crippen LogP contribution in [0, 0.1) is 12.8 Å². The first-order chi connectivity index (χ1) is 8.11. The molecule has 17 heavy (non-hydrogen) atoms. The van der Waals surface area contributed by atoms with E-state index >= 15 is 0 Å². The van der Waals surface area contributed by atoms with E-state index in [0.29, 0.717) is 13.0 Å². The van der Waals surface area contributed by atoms with E-state index in [1.165, 1.54) is 0 Å². The summed E-state index contributed by atoms with van der Waals surface area (Å²) in [4.78, 5) is 11.5. The van der Waals surface area contributed by atoms with Gasteiger partial charge < -0.3 is 15.7 Å². The summed E-state index contributed by atoms with van der Waals surface area (Å²) in [6.45, 7) is 4.71. The van der Waals surface area contributed by atoms with Gasteiger partial charge in [0.2, 0.25) is 0 Å². The van der Waals surface area contributed by atoms with Crippen molar-refractivity contribution in [3.05, 3.63) is 29.8 Å². The number of urea groups is 1. The van der Waals surface area contributed by atoms with Crippen molar-refractivity contribution in [3.8, 4) is 0 Å². The zero-order chi connectivity index (χ0) is 12.7. The zero-order valence-corrected chi connectivity index (χ0v) is 10.4. The molecule has 94 valence electrons. The second kappa shape index (κ2) is 6.91. The van der Waals surface area contributed by atoms with Gasteiger partial charge in [0.1, 0.15) is 0 Å². The van der Waals surface area contributed by atoms with Gasteiger partial charge in [0.15, 0.2) is 0 Å². The summed E-state index contributed by atoms with van der Waals surface area (Å²) < 4.78 is 0. The maximum absolute atomic E-state index is 11.5. The molecular formula is C13H20N2O2. The number of hydrogen-bond acceptors (Lipinski definition) is 2. The third-order valence-corrected chi connectivity index (χ3v) is 2.54. The topological polar surface area (TPSA) is 61.4 Å². The van der Waals surface area contributed by atoms with Gasteiger partial charge in [-0.3, -0.25) is 0 Å². The molecule has 1 aromatic rings. The predicted octanol–water partition coefficient (Wildman–Crippen LogP) is 2.14. The largest absolute Gasteiger partial charge is 0.396 e. The van der Waals surface area contributed by atoms with E-state index in [9.17, 15) is 4.79 Å². The van der Waals surface area contributed by atoms with Crippen LogP contribution in [0.3, 0.4) is 0 Å². The lowest BCUT2D eigenvalue weighted by Crippen LogP contribution is -2.32. The number of anilines is 1. The minimum atomic E-state index is -0.210. The van der Waals surface area contributed by atoms with Crippen molar-refractivity contribution in [2.75, 3.05) is 18.5 Å². The minimum Gasteiger partial charge on any atom is -0.396 e. The van der Waals surface area contributed by atoms with Crippen molar-refractivity contribution in [2.45, 2.75) is 20.3 Å². The number of aliphatic hydroxyl groups excluding tert-OH is 1. The highest BCUT2D eigenvalue weighted by Gasteiger charge is 2.04. The third kappa shape index (κ3) is 5.36. The monoisotopic (exact) mass is 236 g/mol. The smallest absolute Gasteiger partial charge is 0.319 e. The van der Waals surface area contributed by atoms with Gasteiger partial charge in [-0.1, -0.05) is 24.6 Å². The summed E-state index contributed by atoms with van der Waals surface area (Å²) in [5.74, 6) is 0.281. The van der Waals surface area contributed by atoms with Crippen molar-refractivity contribution >= 4 is 11.7 Å². The van der Waals surface area contributed by atoms with Gasteiger partial charge in [-0.2, -0.15) is 0 Å². The summed E-state index contributed by atoms with van der Waals surface area (Å²) in [6, 6.07) is 7.42. The lowest BCUT2D eigenvalue weighted by Gasteiger charge is -2.12. The van der Waals surface area contributed by atoms with Crippen LogP contribution in [0.15, 0.2) is 24.3 Å². The van der Waals surface area contributed by atoms with Crippen molar-refractivity contribution in [1.29, 1.82) is 0 Å². The molecule has 0 fully saturated rings. The quantitative estimate of drug-likeness (QED) is 0.733. The number of carbonyl (C=O) groups is 1. The first kappa shape index (κ1) is 13.5. The van der Waals surface area contributed by atoms with E-state index in [2.05, 4.69) is 10.6 Å². The van der Waals surface area contributed by atoms with Crippen LogP contribution in [-0.2, 0) is 0 Å². The fourth-order valence-electron chi connectivity index (χ4n) is 1.40. The molecule has 0 aromatic heterocycles. The highest BCUT2D eigenvalue weighted by Crippen LogP contribution is 2.08. The Bertz CT molecular complexity index is 349. The second-order valence-corrected chi connectivity index (χ2v) is 4.32. The molecule has 0 heterocycles. The molecule has 0 saturated heterocycles. The van der Waals surface area contributed by atoms with E-state index in [-0.39, 0.29) is 18.6 Å². The van der Waals surface area contributed by atoms with Crippen molar-refractivity contribution in [3.63, 3.8) is 0 Å². The number of amides is 2. The third-order valence-electron chi connectivity index (χ3n) is 2.54. The number of benzene rings is 1. The molecule has 0 aliphatic heterocycles. The predicted molar refractivity (Wildman–Crippen MR) is 69.1 cm³/mol. The van der Waals surface area contributed by atoms with E-state index in [4.69, 9.17) is 5.11 Å². The minimum absolute atomic E-state index is 0.155. The van der Waals surface area contributed by atoms with Crippen molar-refractivity contribution in [2.24, 2.45) is 5.92 Å². The van der Waals surface area contributed by atoms with Crippen molar-refractivity contribution < 1.29 is 9.90 Å². The van der Waals surface area contributed by atoms with Gasteiger partial charge in [-0.15, -0.1) is 0 Å². The lowest BCUT2D eigenvalue weighted by molar-refractivity contribution is 0.243. The fraction of sp³-hybridized carbons (Fsp3) is 0.462. The van der Waals surface area contributed by atoms with Crippen LogP contribution in [0.2, 0.25) is 0 Å². The zero-order valence-electron chi connectivity index (χ0n) is 10.4. The maximum atomic E-state index is 11.5. The Morgan fingerprint density at radius 2 is 2.00 bits per heavy atom. The SMILES string of the molecule is Cc1ccc(NC(=O)NCC(C)CCO)cc1. The van der Waals surface area contributed by atoms with E-state index in [0.717, 1.165) is 11.3 Å². The van der Waals surface area contributed by atoms with E-state index < -0.39 is 0 Å². The number of aryl methyl sites for hydroxylation is 1. The van der Waals surface area contributed by atoms with Gasteiger partial charge in [0, 0.05) is 18.8 Å². The maximum Gasteiger partial charge on any atom is 0.319 e. The molecule has 0 aliphatic carbocycles. The summed E-state index contributed by atoms with van der Waals surface area (Å²) in [5.41, 5.74) is 1.94. The Hall–Kier alpha value is -1.55. The van der Waals surface area contributed by atoms with Crippen LogP contribution in [-0.4, -0.2) is 24.3 Å². The molecule has 4 nitrogen and oxygen atoms in total. The number of carbonyl (C=O) groups excluding carboxylic acids is 1. The molecule has 0 saturated carbocycles. The average molecular weight is 236 g/mol. The van der Waals surface area contributed by atoms with Gasteiger partial charge in [0.25, 0.3) is 0 Å². The first-order valence-corrected chi connectivity index (χ1v) is 5.84. The van der Waals surface area contributed by atoms with Crippen LogP contribution in [0.5, 0.6) is 0 Å². The summed E-state index contributed by atoms with van der Waals surface area (Å²) in [5, 5.41) is 14.3. The van der Waals surface area contributed by atoms with Crippen LogP contribution >= 0.6 is 0 Å². The normalized spacial score (nSPS) is 11.9. The Labute approximate surface area is 102 Å². The summed E-state index contributed by atoms with van der Waals surface area (Å²) in [7, 11) is 0. The number of nitrogens with one attached hydrogen (secondary N) is 2. The van der Waals surface area contributed by atoms with Crippen LogP contribution in [0.1, 0.15) is 18.9 Å². The second-order valence-electron chi connectivity index (χ2n) is 4.32. The standard InChI is InChI=1S/C13H20N2O2/c1-10-3-5-12(6-4-10)15-13(17)14-9-11(2)7-8-16/h3-6,11,16H,7-9H2,1-2H3,(H2,14,15,17). The molecule has 1 unspecified atom stereocenters. The van der Waals surface area contributed by atoms with Gasteiger partial charge in [0.05, 0.1) is 0 Å². The van der Waals surface area contributed by atoms with E-state index in [1.54, 1.807) is 0 Å². The van der Waals surface area contributed by atoms with Crippen molar-refractivity contribution in [1.82, 2.24) is 5.32 Å². The molecule has 1 aromatic carbocycles.